The Labute approximate surface area is 251 Å². The predicted octanol–water partition coefficient (Wildman–Crippen LogP) is 7.94. The van der Waals surface area contributed by atoms with Gasteiger partial charge in [-0.15, -0.1) is 65.7 Å². The molecular formula is C36H30IrN3-3. The molecule has 3 heterocycles. The fraction of sp³-hybridized carbons (Fsp3) is 0. The SMILES string of the molecule is [CH2-][n+]1ccccc1-c1[c-]cccc1.[CH2-]c1ccccc1-c1ccccn1.[CH2-]c1ccccc1-c1ccccn1.[Ir]. The molecule has 3 nitrogen and oxygen atoms in total. The number of benzene rings is 3. The van der Waals surface area contributed by atoms with Gasteiger partial charge in [-0.3, -0.25) is 9.97 Å². The fourth-order valence-electron chi connectivity index (χ4n) is 3.86. The molecule has 0 saturated heterocycles. The number of rotatable bonds is 3. The van der Waals surface area contributed by atoms with E-state index in [9.17, 15) is 0 Å². The van der Waals surface area contributed by atoms with E-state index >= 15 is 0 Å². The third kappa shape index (κ3) is 8.44. The molecule has 3 aromatic heterocycles. The molecule has 0 aliphatic rings. The molecule has 1 radical (unpaired) electrons. The zero-order valence-electron chi connectivity index (χ0n) is 22.2. The van der Waals surface area contributed by atoms with Crippen LogP contribution < -0.4 is 4.57 Å². The number of nitrogens with zero attached hydrogens (tertiary/aromatic N) is 3. The second-order valence-electron chi connectivity index (χ2n) is 8.58. The summed E-state index contributed by atoms with van der Waals surface area (Å²) in [6.45, 7) is 7.91. The molecular weight excluding hydrogens is 667 g/mol. The van der Waals surface area contributed by atoms with Crippen molar-refractivity contribution in [3.05, 3.63) is 184 Å². The average Bonchev–Trinajstić information content (AvgIpc) is 3.00. The van der Waals surface area contributed by atoms with Gasteiger partial charge < -0.3 is 4.57 Å². The Balaban J connectivity index is 0.000000163. The van der Waals surface area contributed by atoms with Crippen LogP contribution in [0.2, 0.25) is 0 Å². The topological polar surface area (TPSA) is 29.7 Å². The van der Waals surface area contributed by atoms with E-state index in [1.165, 1.54) is 0 Å². The van der Waals surface area contributed by atoms with Crippen LogP contribution in [0.1, 0.15) is 11.1 Å². The second-order valence-corrected chi connectivity index (χ2v) is 8.58. The molecule has 0 N–H and O–H groups in total. The standard InChI is InChI=1S/3C12H10N.Ir/c2*1-10-6-2-3-7-11(10)12-8-4-5-9-13-12;1-13-10-6-5-9-12(13)11-7-3-2-4-8-11;/h2*2-9H,1H2;2-7,9-10H,1H2;/q3*-1;. The molecule has 0 spiro atoms. The minimum absolute atomic E-state index is 0. The van der Waals surface area contributed by atoms with E-state index in [0.29, 0.717) is 0 Å². The van der Waals surface area contributed by atoms with Crippen molar-refractivity contribution in [1.82, 2.24) is 9.97 Å². The maximum absolute atomic E-state index is 4.27. The molecule has 0 bridgehead atoms. The van der Waals surface area contributed by atoms with Gasteiger partial charge in [-0.05, 0) is 30.3 Å². The zero-order valence-corrected chi connectivity index (χ0v) is 24.5. The predicted molar refractivity (Wildman–Crippen MR) is 160 cm³/mol. The summed E-state index contributed by atoms with van der Waals surface area (Å²) in [4.78, 5) is 8.54. The van der Waals surface area contributed by atoms with Crippen molar-refractivity contribution in [2.45, 2.75) is 0 Å². The van der Waals surface area contributed by atoms with E-state index < -0.39 is 0 Å². The molecule has 6 aromatic rings. The Morgan fingerprint density at radius 3 is 1.50 bits per heavy atom. The van der Waals surface area contributed by atoms with E-state index in [1.807, 2.05) is 138 Å². The third-order valence-electron chi connectivity index (χ3n) is 5.84. The molecule has 0 atom stereocenters. The van der Waals surface area contributed by atoms with Crippen LogP contribution in [0.4, 0.5) is 0 Å². The molecule has 3 aromatic carbocycles. The van der Waals surface area contributed by atoms with Gasteiger partial charge in [0.25, 0.3) is 0 Å². The van der Waals surface area contributed by atoms with Gasteiger partial charge in [0.15, 0.2) is 0 Å². The van der Waals surface area contributed by atoms with Crippen LogP contribution in [0, 0.1) is 27.0 Å². The first-order valence-corrected chi connectivity index (χ1v) is 12.6. The number of pyridine rings is 3. The minimum Gasteiger partial charge on any atom is -0.321 e. The summed E-state index contributed by atoms with van der Waals surface area (Å²) in [6, 6.07) is 44.8. The minimum atomic E-state index is 0. The third-order valence-corrected chi connectivity index (χ3v) is 5.84. The molecule has 0 unspecified atom stereocenters. The van der Waals surface area contributed by atoms with Crippen molar-refractivity contribution in [3.8, 4) is 33.8 Å². The van der Waals surface area contributed by atoms with Crippen molar-refractivity contribution in [1.29, 1.82) is 0 Å². The van der Waals surface area contributed by atoms with Gasteiger partial charge >= 0.3 is 0 Å². The summed E-state index contributed by atoms with van der Waals surface area (Å²) < 4.78 is 1.84. The van der Waals surface area contributed by atoms with E-state index in [-0.39, 0.29) is 20.1 Å². The molecule has 0 aliphatic heterocycles. The second kappa shape index (κ2) is 15.7. The smallest absolute Gasteiger partial charge is 0.115 e. The largest absolute Gasteiger partial charge is 0.321 e. The molecule has 4 heteroatoms. The van der Waals surface area contributed by atoms with Gasteiger partial charge in [0.1, 0.15) is 5.69 Å². The fourth-order valence-corrected chi connectivity index (χ4v) is 3.86. The summed E-state index contributed by atoms with van der Waals surface area (Å²) in [5.41, 5.74) is 8.33. The van der Waals surface area contributed by atoms with E-state index in [1.54, 1.807) is 12.4 Å². The van der Waals surface area contributed by atoms with Gasteiger partial charge in [0, 0.05) is 50.9 Å². The molecule has 6 rings (SSSR count). The maximum Gasteiger partial charge on any atom is 0.115 e. The summed E-state index contributed by atoms with van der Waals surface area (Å²) in [6.07, 6.45) is 5.51. The van der Waals surface area contributed by atoms with Crippen molar-refractivity contribution in [2.75, 3.05) is 0 Å². The van der Waals surface area contributed by atoms with Gasteiger partial charge in [-0.25, -0.2) is 0 Å². The van der Waals surface area contributed by atoms with E-state index in [2.05, 4.69) is 36.9 Å². The molecule has 0 saturated carbocycles. The van der Waals surface area contributed by atoms with Gasteiger partial charge in [0.2, 0.25) is 0 Å². The molecule has 0 aliphatic carbocycles. The zero-order chi connectivity index (χ0) is 27.3. The number of hydrogen-bond donors (Lipinski definition) is 0. The molecule has 40 heavy (non-hydrogen) atoms. The Bertz CT molecular complexity index is 1380. The van der Waals surface area contributed by atoms with E-state index in [0.717, 1.165) is 44.9 Å². The molecule has 0 amide bonds. The first-order chi connectivity index (χ1) is 19.1. The number of hydrogen-bond acceptors (Lipinski definition) is 2. The summed E-state index contributed by atoms with van der Waals surface area (Å²) in [7, 11) is 3.89. The first-order valence-electron chi connectivity index (χ1n) is 12.6. The van der Waals surface area contributed by atoms with Crippen molar-refractivity contribution >= 4 is 0 Å². The molecule has 201 valence electrons. The van der Waals surface area contributed by atoms with Crippen molar-refractivity contribution < 1.29 is 24.7 Å². The van der Waals surface area contributed by atoms with Crippen molar-refractivity contribution in [3.63, 3.8) is 0 Å². The summed E-state index contributed by atoms with van der Waals surface area (Å²) in [5, 5.41) is 0. The monoisotopic (exact) mass is 697 g/mol. The van der Waals surface area contributed by atoms with Gasteiger partial charge in [-0.2, -0.15) is 37.1 Å². The maximum atomic E-state index is 4.27. The van der Waals surface area contributed by atoms with Gasteiger partial charge in [-0.1, -0.05) is 42.0 Å². The number of aromatic nitrogens is 3. The van der Waals surface area contributed by atoms with Crippen LogP contribution >= 0.6 is 0 Å². The van der Waals surface area contributed by atoms with Crippen LogP contribution in [0.15, 0.2) is 146 Å². The Morgan fingerprint density at radius 1 is 0.550 bits per heavy atom. The molecule has 0 fully saturated rings. The summed E-state index contributed by atoms with van der Waals surface area (Å²) >= 11 is 0. The van der Waals surface area contributed by atoms with Crippen LogP contribution in [-0.4, -0.2) is 9.97 Å². The van der Waals surface area contributed by atoms with E-state index in [4.69, 9.17) is 0 Å². The van der Waals surface area contributed by atoms with Crippen LogP contribution in [0.25, 0.3) is 33.8 Å². The normalized spacial score (nSPS) is 9.60. The van der Waals surface area contributed by atoms with Gasteiger partial charge in [0.05, 0.1) is 6.20 Å². The van der Waals surface area contributed by atoms with Crippen LogP contribution in [0.3, 0.4) is 0 Å². The quantitative estimate of drug-likeness (QED) is 0.139. The Hall–Kier alpha value is -4.63. The Morgan fingerprint density at radius 2 is 1.05 bits per heavy atom. The van der Waals surface area contributed by atoms with Crippen LogP contribution in [0.5, 0.6) is 0 Å². The average molecular weight is 697 g/mol. The summed E-state index contributed by atoms with van der Waals surface area (Å²) in [5.74, 6) is 0. The first kappa shape index (κ1) is 29.9. The van der Waals surface area contributed by atoms with Crippen molar-refractivity contribution in [2.24, 2.45) is 0 Å². The Kier molecular flexibility index (Phi) is 11.7. The van der Waals surface area contributed by atoms with Crippen LogP contribution in [-0.2, 0) is 20.1 Å².